The second-order valence-electron chi connectivity index (χ2n) is 5.74. The Labute approximate surface area is 129 Å². The minimum atomic E-state index is -0.367. The molecule has 0 N–H and O–H groups in total. The maximum Gasteiger partial charge on any atom is 0.235 e. The molecular formula is C16H18ClNOS. The number of hydrogen-bond acceptors (Lipinski definition) is 3. The van der Waals surface area contributed by atoms with E-state index in [0.717, 1.165) is 42.0 Å². The van der Waals surface area contributed by atoms with Crippen molar-refractivity contribution in [3.05, 3.63) is 34.3 Å². The first-order valence-corrected chi connectivity index (χ1v) is 8.75. The Hall–Kier alpha value is -0.760. The Morgan fingerprint density at radius 1 is 1.35 bits per heavy atom. The number of halogens is 1. The fraction of sp³-hybridized carbons (Fsp3) is 0.562. The van der Waals surface area contributed by atoms with Crippen LogP contribution >= 0.6 is 23.4 Å². The fourth-order valence-electron chi connectivity index (χ4n) is 3.44. The highest BCUT2D eigenvalue weighted by molar-refractivity contribution is 7.99. The van der Waals surface area contributed by atoms with Crippen molar-refractivity contribution < 1.29 is 4.79 Å². The largest absolute Gasteiger partial charge is 0.235 e. The molecule has 0 radical (unpaired) electrons. The average Bonchev–Trinajstić information content (AvgIpc) is 3.10. The zero-order valence-corrected chi connectivity index (χ0v) is 13.0. The van der Waals surface area contributed by atoms with E-state index in [2.05, 4.69) is 17.1 Å². The molecule has 1 saturated heterocycles. The highest BCUT2D eigenvalue weighted by Crippen LogP contribution is 2.44. The molecule has 1 aromatic carbocycles. The molecule has 0 aromatic heterocycles. The summed E-state index contributed by atoms with van der Waals surface area (Å²) in [5.74, 6) is 2.97. The van der Waals surface area contributed by atoms with Gasteiger partial charge in [-0.15, -0.1) is 0 Å². The first-order chi connectivity index (χ1) is 9.75. The van der Waals surface area contributed by atoms with Gasteiger partial charge in [0, 0.05) is 10.8 Å². The maximum absolute atomic E-state index is 10.8. The zero-order valence-electron chi connectivity index (χ0n) is 11.4. The number of benzene rings is 1. The van der Waals surface area contributed by atoms with Gasteiger partial charge in [-0.1, -0.05) is 36.6 Å². The van der Waals surface area contributed by atoms with Crippen LogP contribution in [0.5, 0.6) is 0 Å². The van der Waals surface area contributed by atoms with E-state index in [1.165, 1.54) is 17.7 Å². The number of thioether (sulfide) groups is 1. The van der Waals surface area contributed by atoms with Gasteiger partial charge in [-0.05, 0) is 48.1 Å². The van der Waals surface area contributed by atoms with E-state index in [-0.39, 0.29) is 5.54 Å². The first kappa shape index (κ1) is 14.2. The molecule has 2 nitrogen and oxygen atoms in total. The van der Waals surface area contributed by atoms with Gasteiger partial charge in [-0.3, -0.25) is 0 Å². The number of carbonyl (C=O) groups excluding carboxylic acids is 1. The molecule has 1 saturated carbocycles. The highest BCUT2D eigenvalue weighted by Gasteiger charge is 2.36. The summed E-state index contributed by atoms with van der Waals surface area (Å²) in [6.45, 7) is 0. The van der Waals surface area contributed by atoms with Gasteiger partial charge < -0.3 is 0 Å². The van der Waals surface area contributed by atoms with Crippen molar-refractivity contribution in [2.24, 2.45) is 4.99 Å². The molecule has 3 rings (SSSR count). The summed E-state index contributed by atoms with van der Waals surface area (Å²) in [7, 11) is 0. The van der Waals surface area contributed by atoms with Crippen molar-refractivity contribution in [1.82, 2.24) is 0 Å². The van der Waals surface area contributed by atoms with Crippen molar-refractivity contribution in [3.8, 4) is 0 Å². The molecule has 0 bridgehead atoms. The number of hydrogen-bond donors (Lipinski definition) is 0. The van der Waals surface area contributed by atoms with E-state index in [1.807, 2.05) is 17.8 Å². The normalized spacial score (nSPS) is 24.6. The lowest BCUT2D eigenvalue weighted by Gasteiger charge is -2.24. The van der Waals surface area contributed by atoms with Gasteiger partial charge in [0.25, 0.3) is 0 Å². The van der Waals surface area contributed by atoms with Gasteiger partial charge in [0.15, 0.2) is 0 Å². The molecule has 1 aromatic rings. The molecule has 2 aliphatic rings. The lowest BCUT2D eigenvalue weighted by Crippen LogP contribution is -2.19. The summed E-state index contributed by atoms with van der Waals surface area (Å²) in [6.07, 6.45) is 7.06. The third-order valence-corrected chi connectivity index (χ3v) is 6.09. The molecule has 106 valence electrons. The van der Waals surface area contributed by atoms with Crippen LogP contribution in [0, 0.1) is 0 Å². The van der Waals surface area contributed by atoms with Crippen LogP contribution in [0.4, 0.5) is 0 Å². The molecule has 2 fully saturated rings. The van der Waals surface area contributed by atoms with Gasteiger partial charge >= 0.3 is 0 Å². The standard InChI is InChI=1S/C16H18ClNOS/c17-15-9-13(16(18-11-19)6-1-2-7-16)3-4-14(15)12-5-8-20-10-12/h3-4,9,12H,1-2,5-8,10H2. The Kier molecular flexibility index (Phi) is 4.21. The molecule has 1 aliphatic carbocycles. The minimum absolute atomic E-state index is 0.367. The zero-order chi connectivity index (χ0) is 14.0. The lowest BCUT2D eigenvalue weighted by atomic mass is 9.87. The molecule has 1 atom stereocenters. The topological polar surface area (TPSA) is 29.4 Å². The third kappa shape index (κ3) is 2.55. The fourth-order valence-corrected chi connectivity index (χ4v) is 5.02. The molecule has 1 aliphatic heterocycles. The molecule has 1 heterocycles. The van der Waals surface area contributed by atoms with Gasteiger partial charge in [0.2, 0.25) is 6.08 Å². The minimum Gasteiger partial charge on any atom is -0.211 e. The summed E-state index contributed by atoms with van der Waals surface area (Å²) in [4.78, 5) is 14.9. The summed E-state index contributed by atoms with van der Waals surface area (Å²) >= 11 is 8.49. The second-order valence-corrected chi connectivity index (χ2v) is 7.30. The van der Waals surface area contributed by atoms with Crippen molar-refractivity contribution in [2.45, 2.75) is 43.6 Å². The van der Waals surface area contributed by atoms with Crippen molar-refractivity contribution in [1.29, 1.82) is 0 Å². The van der Waals surface area contributed by atoms with E-state index in [1.54, 1.807) is 6.08 Å². The van der Waals surface area contributed by atoms with Gasteiger partial charge in [-0.25, -0.2) is 4.79 Å². The molecule has 0 spiro atoms. The Morgan fingerprint density at radius 3 is 2.75 bits per heavy atom. The van der Waals surface area contributed by atoms with Crippen LogP contribution in [0.25, 0.3) is 0 Å². The second kappa shape index (κ2) is 5.93. The van der Waals surface area contributed by atoms with E-state index in [9.17, 15) is 4.79 Å². The van der Waals surface area contributed by atoms with Crippen LogP contribution in [-0.2, 0) is 10.3 Å². The molecule has 20 heavy (non-hydrogen) atoms. The quantitative estimate of drug-likeness (QED) is 0.600. The number of rotatable bonds is 3. The Balaban J connectivity index is 1.94. The summed E-state index contributed by atoms with van der Waals surface area (Å²) < 4.78 is 0. The van der Waals surface area contributed by atoms with Gasteiger partial charge in [0.1, 0.15) is 0 Å². The predicted molar refractivity (Wildman–Crippen MR) is 84.4 cm³/mol. The van der Waals surface area contributed by atoms with Crippen LogP contribution in [0.1, 0.15) is 49.1 Å². The van der Waals surface area contributed by atoms with Crippen molar-refractivity contribution >= 4 is 29.4 Å². The van der Waals surface area contributed by atoms with Crippen molar-refractivity contribution in [2.75, 3.05) is 11.5 Å². The summed E-state index contributed by atoms with van der Waals surface area (Å²) in [5, 5.41) is 0.836. The van der Waals surface area contributed by atoms with E-state index >= 15 is 0 Å². The molecular weight excluding hydrogens is 290 g/mol. The van der Waals surface area contributed by atoms with Crippen molar-refractivity contribution in [3.63, 3.8) is 0 Å². The first-order valence-electron chi connectivity index (χ1n) is 7.22. The van der Waals surface area contributed by atoms with E-state index < -0.39 is 0 Å². The number of isocyanates is 1. The van der Waals surface area contributed by atoms with Gasteiger partial charge in [0.05, 0.1) is 5.54 Å². The highest BCUT2D eigenvalue weighted by atomic mass is 35.5. The van der Waals surface area contributed by atoms with E-state index in [0.29, 0.717) is 5.92 Å². The SMILES string of the molecule is O=C=NC1(c2ccc(C3CCSC3)c(Cl)c2)CCCC1. The molecule has 1 unspecified atom stereocenters. The number of aliphatic imine (C=N–C) groups is 1. The molecule has 4 heteroatoms. The Bertz CT molecular complexity index is 541. The smallest absolute Gasteiger partial charge is 0.211 e. The van der Waals surface area contributed by atoms with Crippen LogP contribution in [0.2, 0.25) is 5.02 Å². The monoisotopic (exact) mass is 307 g/mol. The van der Waals surface area contributed by atoms with E-state index in [4.69, 9.17) is 11.6 Å². The third-order valence-electron chi connectivity index (χ3n) is 4.60. The van der Waals surface area contributed by atoms with Crippen LogP contribution in [-0.4, -0.2) is 17.6 Å². The predicted octanol–water partition coefficient (Wildman–Crippen LogP) is 4.67. The van der Waals surface area contributed by atoms with Crippen LogP contribution in [0.3, 0.4) is 0 Å². The maximum atomic E-state index is 10.8. The molecule has 0 amide bonds. The Morgan fingerprint density at radius 2 is 2.15 bits per heavy atom. The van der Waals surface area contributed by atoms with Crippen LogP contribution < -0.4 is 0 Å². The summed E-state index contributed by atoms with van der Waals surface area (Å²) in [6, 6.07) is 6.30. The van der Waals surface area contributed by atoms with Crippen LogP contribution in [0.15, 0.2) is 23.2 Å². The summed E-state index contributed by atoms with van der Waals surface area (Å²) in [5.41, 5.74) is 1.97. The number of nitrogens with zero attached hydrogens (tertiary/aromatic N) is 1. The average molecular weight is 308 g/mol. The lowest BCUT2D eigenvalue weighted by molar-refractivity contribution is 0.455. The van der Waals surface area contributed by atoms with Gasteiger partial charge in [-0.2, -0.15) is 16.8 Å².